The molecule has 1 N–H and O–H groups in total. The van der Waals surface area contributed by atoms with E-state index in [0.29, 0.717) is 17.2 Å². The molecule has 0 aromatic heterocycles. The Labute approximate surface area is 200 Å². The maximum atomic E-state index is 12.8. The minimum absolute atomic E-state index is 0. The Bertz CT molecular complexity index is 705. The van der Waals surface area contributed by atoms with Crippen LogP contribution >= 0.6 is 24.0 Å². The summed E-state index contributed by atoms with van der Waals surface area (Å²) in [6.07, 6.45) is 1.12. The van der Waals surface area contributed by atoms with Gasteiger partial charge in [0.2, 0.25) is 0 Å². The molecule has 1 unspecified atom stereocenters. The Hall–Kier alpha value is -1.40. The summed E-state index contributed by atoms with van der Waals surface area (Å²) in [6.45, 7) is 6.68. The summed E-state index contributed by atoms with van der Waals surface area (Å²) < 4.78 is 40.8. The number of alkyl halides is 2. The summed E-state index contributed by atoms with van der Waals surface area (Å²) in [6, 6.07) is 4.91. The van der Waals surface area contributed by atoms with Gasteiger partial charge in [-0.25, -0.2) is 4.99 Å². The van der Waals surface area contributed by atoms with Crippen molar-refractivity contribution in [3.8, 4) is 11.5 Å². The van der Waals surface area contributed by atoms with Gasteiger partial charge in [0.05, 0.1) is 26.9 Å². The zero-order chi connectivity index (χ0) is 21.3. The SMILES string of the molecule is CCNC(=NCc1ccc(OC)cc1OC(F)F)N1CCC(CN2CCOCC2)C1.I. The van der Waals surface area contributed by atoms with Crippen molar-refractivity contribution in [2.75, 3.05) is 59.6 Å². The van der Waals surface area contributed by atoms with E-state index in [4.69, 9.17) is 14.5 Å². The van der Waals surface area contributed by atoms with Crippen molar-refractivity contribution in [1.82, 2.24) is 15.1 Å². The molecule has 0 saturated carbocycles. The second-order valence-corrected chi connectivity index (χ2v) is 7.54. The van der Waals surface area contributed by atoms with Crippen LogP contribution in [-0.4, -0.2) is 82.0 Å². The molecular weight excluding hydrogens is 521 g/mol. The molecule has 2 saturated heterocycles. The number of guanidine groups is 1. The predicted octanol–water partition coefficient (Wildman–Crippen LogP) is 3.03. The average Bonchev–Trinajstić information content (AvgIpc) is 3.20. The minimum atomic E-state index is -2.90. The predicted molar refractivity (Wildman–Crippen MR) is 127 cm³/mol. The van der Waals surface area contributed by atoms with Gasteiger partial charge in [0, 0.05) is 50.9 Å². The highest BCUT2D eigenvalue weighted by molar-refractivity contribution is 14.0. The van der Waals surface area contributed by atoms with Gasteiger partial charge in [0.25, 0.3) is 0 Å². The van der Waals surface area contributed by atoms with Crippen LogP contribution in [-0.2, 0) is 11.3 Å². The molecule has 3 rings (SSSR count). The van der Waals surface area contributed by atoms with Gasteiger partial charge in [0.1, 0.15) is 11.5 Å². The fourth-order valence-corrected chi connectivity index (χ4v) is 3.91. The third kappa shape index (κ3) is 7.90. The molecule has 0 aliphatic carbocycles. The van der Waals surface area contributed by atoms with Crippen LogP contribution in [0.25, 0.3) is 0 Å². The molecule has 10 heteroatoms. The summed E-state index contributed by atoms with van der Waals surface area (Å²) in [5.41, 5.74) is 0.593. The molecule has 2 fully saturated rings. The molecule has 1 atom stereocenters. The third-order valence-corrected chi connectivity index (χ3v) is 5.43. The van der Waals surface area contributed by atoms with E-state index in [9.17, 15) is 8.78 Å². The number of hydrogen-bond donors (Lipinski definition) is 1. The molecular formula is C21H33F2IN4O3. The zero-order valence-corrected chi connectivity index (χ0v) is 20.5. The van der Waals surface area contributed by atoms with Crippen molar-refractivity contribution in [3.63, 3.8) is 0 Å². The van der Waals surface area contributed by atoms with E-state index in [-0.39, 0.29) is 36.3 Å². The topological polar surface area (TPSA) is 58.6 Å². The van der Waals surface area contributed by atoms with Crippen molar-refractivity contribution in [1.29, 1.82) is 0 Å². The number of benzene rings is 1. The van der Waals surface area contributed by atoms with E-state index in [1.54, 1.807) is 12.1 Å². The van der Waals surface area contributed by atoms with Crippen LogP contribution in [0.3, 0.4) is 0 Å². The fraction of sp³-hybridized carbons (Fsp3) is 0.667. The number of likely N-dealkylation sites (tertiary alicyclic amines) is 1. The Morgan fingerprint density at radius 3 is 2.74 bits per heavy atom. The van der Waals surface area contributed by atoms with Crippen LogP contribution in [0.2, 0.25) is 0 Å². The number of nitrogens with zero attached hydrogens (tertiary/aromatic N) is 3. The molecule has 0 radical (unpaired) electrons. The number of morpholine rings is 1. The highest BCUT2D eigenvalue weighted by atomic mass is 127. The lowest BCUT2D eigenvalue weighted by Gasteiger charge is -2.29. The first-order chi connectivity index (χ1) is 14.6. The number of methoxy groups -OCH3 is 1. The van der Waals surface area contributed by atoms with E-state index < -0.39 is 6.61 Å². The van der Waals surface area contributed by atoms with Crippen LogP contribution in [0.4, 0.5) is 8.78 Å². The van der Waals surface area contributed by atoms with Gasteiger partial charge in [-0.15, -0.1) is 24.0 Å². The summed E-state index contributed by atoms with van der Waals surface area (Å²) in [7, 11) is 1.49. The molecule has 2 aliphatic rings. The minimum Gasteiger partial charge on any atom is -0.497 e. The first kappa shape index (κ1) is 25.9. The standard InChI is InChI=1S/C21H32F2N4O3.HI/c1-3-24-21(27-7-6-16(15-27)14-26-8-10-29-11-9-26)25-13-17-4-5-18(28-2)12-19(17)30-20(22)23;/h4-5,12,16,20H,3,6-11,13-15H2,1-2H3,(H,24,25);1H. The third-order valence-electron chi connectivity index (χ3n) is 5.43. The quantitative estimate of drug-likeness (QED) is 0.303. The summed E-state index contributed by atoms with van der Waals surface area (Å²) in [4.78, 5) is 9.42. The number of halogens is 3. The van der Waals surface area contributed by atoms with E-state index in [2.05, 4.69) is 19.9 Å². The monoisotopic (exact) mass is 554 g/mol. The Balaban J connectivity index is 0.00000341. The Kier molecular flexibility index (Phi) is 11.0. The number of rotatable bonds is 8. The Morgan fingerprint density at radius 1 is 1.29 bits per heavy atom. The molecule has 0 spiro atoms. The van der Waals surface area contributed by atoms with Gasteiger partial charge >= 0.3 is 6.61 Å². The van der Waals surface area contributed by atoms with E-state index in [1.165, 1.54) is 13.2 Å². The number of aliphatic imine (C=N–C) groups is 1. The van der Waals surface area contributed by atoms with E-state index >= 15 is 0 Å². The first-order valence-electron chi connectivity index (χ1n) is 10.5. The molecule has 2 aliphatic heterocycles. The van der Waals surface area contributed by atoms with E-state index in [1.807, 2.05) is 6.92 Å². The lowest BCUT2D eigenvalue weighted by atomic mass is 10.1. The second-order valence-electron chi connectivity index (χ2n) is 7.54. The lowest BCUT2D eigenvalue weighted by molar-refractivity contribution is -0.0505. The van der Waals surface area contributed by atoms with Gasteiger partial charge in [-0.05, 0) is 31.4 Å². The molecule has 176 valence electrons. The van der Waals surface area contributed by atoms with Crippen LogP contribution in [0, 0.1) is 5.92 Å². The summed E-state index contributed by atoms with van der Waals surface area (Å²) >= 11 is 0. The van der Waals surface area contributed by atoms with Crippen LogP contribution < -0.4 is 14.8 Å². The molecule has 1 aromatic carbocycles. The van der Waals surface area contributed by atoms with Crippen molar-refractivity contribution < 1.29 is 23.0 Å². The van der Waals surface area contributed by atoms with Gasteiger partial charge < -0.3 is 24.4 Å². The number of nitrogens with one attached hydrogen (secondary N) is 1. The highest BCUT2D eigenvalue weighted by Crippen LogP contribution is 2.27. The van der Waals surface area contributed by atoms with Crippen molar-refractivity contribution in [3.05, 3.63) is 23.8 Å². The van der Waals surface area contributed by atoms with Crippen molar-refractivity contribution >= 4 is 29.9 Å². The zero-order valence-electron chi connectivity index (χ0n) is 18.2. The maximum absolute atomic E-state index is 12.8. The average molecular weight is 554 g/mol. The molecule has 2 heterocycles. The molecule has 0 bridgehead atoms. The van der Waals surface area contributed by atoms with Gasteiger partial charge in [-0.3, -0.25) is 4.90 Å². The smallest absolute Gasteiger partial charge is 0.387 e. The van der Waals surface area contributed by atoms with Gasteiger partial charge in [-0.2, -0.15) is 8.78 Å². The largest absolute Gasteiger partial charge is 0.497 e. The van der Waals surface area contributed by atoms with Crippen LogP contribution in [0.1, 0.15) is 18.9 Å². The van der Waals surface area contributed by atoms with Gasteiger partial charge in [-0.1, -0.05) is 0 Å². The lowest BCUT2D eigenvalue weighted by Crippen LogP contribution is -2.42. The number of ether oxygens (including phenoxy) is 3. The van der Waals surface area contributed by atoms with Crippen molar-refractivity contribution in [2.45, 2.75) is 26.5 Å². The molecule has 0 amide bonds. The molecule has 7 nitrogen and oxygen atoms in total. The normalized spacial score (nSPS) is 20.0. The van der Waals surface area contributed by atoms with Crippen LogP contribution in [0.5, 0.6) is 11.5 Å². The van der Waals surface area contributed by atoms with Gasteiger partial charge in [0.15, 0.2) is 5.96 Å². The maximum Gasteiger partial charge on any atom is 0.387 e. The summed E-state index contributed by atoms with van der Waals surface area (Å²) in [5.74, 6) is 1.96. The fourth-order valence-electron chi connectivity index (χ4n) is 3.91. The van der Waals surface area contributed by atoms with E-state index in [0.717, 1.165) is 64.9 Å². The molecule has 1 aromatic rings. The second kappa shape index (κ2) is 13.2. The van der Waals surface area contributed by atoms with Crippen LogP contribution in [0.15, 0.2) is 23.2 Å². The first-order valence-corrected chi connectivity index (χ1v) is 10.5. The Morgan fingerprint density at radius 2 is 2.06 bits per heavy atom. The highest BCUT2D eigenvalue weighted by Gasteiger charge is 2.27. The molecule has 31 heavy (non-hydrogen) atoms. The number of hydrogen-bond acceptors (Lipinski definition) is 5. The van der Waals surface area contributed by atoms with Crippen molar-refractivity contribution in [2.24, 2.45) is 10.9 Å². The summed E-state index contributed by atoms with van der Waals surface area (Å²) in [5, 5.41) is 3.33.